The van der Waals surface area contributed by atoms with Crippen LogP contribution in [0.15, 0.2) is 53.4 Å². The molecule has 0 aliphatic carbocycles. The van der Waals surface area contributed by atoms with Crippen LogP contribution in [-0.2, 0) is 14.8 Å². The Morgan fingerprint density at radius 1 is 1.17 bits per heavy atom. The summed E-state index contributed by atoms with van der Waals surface area (Å²) < 4.78 is 45.2. The van der Waals surface area contributed by atoms with Crippen LogP contribution in [0.25, 0.3) is 0 Å². The predicted octanol–water partition coefficient (Wildman–Crippen LogP) is 3.11. The molecule has 0 aromatic heterocycles. The standard InChI is InChI=1S/C21H25FN2O4S/c1-15(16-5-9-19(28-2)10-6-16)23-21(25)17-4-3-13-24(14-17)29(26,27)20-11-7-18(22)8-12-20/h5-12,15,17H,3-4,13-14H2,1-2H3,(H,23,25)/t15-,17+/m1/s1. The second-order valence-corrected chi connectivity index (χ2v) is 9.10. The highest BCUT2D eigenvalue weighted by atomic mass is 32.2. The molecule has 1 heterocycles. The molecule has 1 N–H and O–H groups in total. The molecule has 0 radical (unpaired) electrons. The van der Waals surface area contributed by atoms with Gasteiger partial charge in [-0.1, -0.05) is 12.1 Å². The van der Waals surface area contributed by atoms with Gasteiger partial charge in [-0.2, -0.15) is 4.31 Å². The molecule has 29 heavy (non-hydrogen) atoms. The Bertz CT molecular complexity index is 946. The van der Waals surface area contributed by atoms with E-state index in [0.29, 0.717) is 19.4 Å². The number of carbonyl (C=O) groups excluding carboxylic acids is 1. The normalized spacial score (nSPS) is 18.8. The number of nitrogens with one attached hydrogen (secondary N) is 1. The van der Waals surface area contributed by atoms with E-state index >= 15 is 0 Å². The van der Waals surface area contributed by atoms with Crippen LogP contribution >= 0.6 is 0 Å². The number of carbonyl (C=O) groups is 1. The van der Waals surface area contributed by atoms with E-state index in [0.717, 1.165) is 23.4 Å². The lowest BCUT2D eigenvalue weighted by Crippen LogP contribution is -2.45. The number of ether oxygens (including phenoxy) is 1. The first-order valence-corrected chi connectivity index (χ1v) is 11.0. The average molecular weight is 421 g/mol. The van der Waals surface area contributed by atoms with Gasteiger partial charge in [-0.3, -0.25) is 4.79 Å². The summed E-state index contributed by atoms with van der Waals surface area (Å²) in [5.74, 6) is -0.361. The molecule has 2 atom stereocenters. The van der Waals surface area contributed by atoms with Gasteiger partial charge in [0.2, 0.25) is 15.9 Å². The highest BCUT2D eigenvalue weighted by Gasteiger charge is 2.33. The van der Waals surface area contributed by atoms with Crippen molar-refractivity contribution < 1.29 is 22.3 Å². The van der Waals surface area contributed by atoms with Gasteiger partial charge >= 0.3 is 0 Å². The Kier molecular flexibility index (Phi) is 6.54. The van der Waals surface area contributed by atoms with Gasteiger partial charge in [-0.15, -0.1) is 0 Å². The third-order valence-corrected chi connectivity index (χ3v) is 7.06. The van der Waals surface area contributed by atoms with Crippen LogP contribution in [0.5, 0.6) is 5.75 Å². The smallest absolute Gasteiger partial charge is 0.243 e. The summed E-state index contributed by atoms with van der Waals surface area (Å²) in [7, 11) is -2.17. The number of nitrogens with zero attached hydrogens (tertiary/aromatic N) is 1. The fraction of sp³-hybridized carbons (Fsp3) is 0.381. The first-order valence-electron chi connectivity index (χ1n) is 9.51. The monoisotopic (exact) mass is 420 g/mol. The van der Waals surface area contributed by atoms with E-state index < -0.39 is 21.8 Å². The van der Waals surface area contributed by atoms with Crippen molar-refractivity contribution >= 4 is 15.9 Å². The number of hydrogen-bond acceptors (Lipinski definition) is 4. The van der Waals surface area contributed by atoms with Crippen LogP contribution in [0, 0.1) is 11.7 Å². The highest BCUT2D eigenvalue weighted by molar-refractivity contribution is 7.89. The quantitative estimate of drug-likeness (QED) is 0.779. The molecule has 1 saturated heterocycles. The molecule has 1 aliphatic heterocycles. The Morgan fingerprint density at radius 3 is 2.45 bits per heavy atom. The van der Waals surface area contributed by atoms with Crippen molar-refractivity contribution in [2.45, 2.75) is 30.7 Å². The SMILES string of the molecule is COc1ccc([C@@H](C)NC(=O)[C@H]2CCCN(S(=O)(=O)c3ccc(F)cc3)C2)cc1. The molecule has 0 spiro atoms. The molecule has 3 rings (SSSR count). The number of halogens is 1. The van der Waals surface area contributed by atoms with Crippen molar-refractivity contribution in [3.63, 3.8) is 0 Å². The molecule has 1 fully saturated rings. The minimum atomic E-state index is -3.76. The zero-order valence-corrected chi connectivity index (χ0v) is 17.3. The maximum Gasteiger partial charge on any atom is 0.243 e. The van der Waals surface area contributed by atoms with Gasteiger partial charge in [0.25, 0.3) is 0 Å². The summed E-state index contributed by atoms with van der Waals surface area (Å²) in [6.07, 6.45) is 1.21. The van der Waals surface area contributed by atoms with E-state index in [1.54, 1.807) is 7.11 Å². The minimum Gasteiger partial charge on any atom is -0.497 e. The maximum absolute atomic E-state index is 13.1. The second kappa shape index (κ2) is 8.92. The first kappa shape index (κ1) is 21.3. The van der Waals surface area contributed by atoms with Gasteiger partial charge in [0.1, 0.15) is 11.6 Å². The number of hydrogen-bond donors (Lipinski definition) is 1. The lowest BCUT2D eigenvalue weighted by Gasteiger charge is -2.32. The fourth-order valence-corrected chi connectivity index (χ4v) is 4.96. The molecular formula is C21H25FN2O4S. The summed E-state index contributed by atoms with van der Waals surface area (Å²) in [6, 6.07) is 12.0. The molecule has 0 bridgehead atoms. The lowest BCUT2D eigenvalue weighted by molar-refractivity contribution is -0.126. The number of amides is 1. The van der Waals surface area contributed by atoms with E-state index in [9.17, 15) is 17.6 Å². The third kappa shape index (κ3) is 4.94. The number of piperidine rings is 1. The second-order valence-electron chi connectivity index (χ2n) is 7.16. The van der Waals surface area contributed by atoms with E-state index in [1.165, 1.54) is 16.4 Å². The van der Waals surface area contributed by atoms with Crippen LogP contribution in [0.1, 0.15) is 31.4 Å². The van der Waals surface area contributed by atoms with Crippen LogP contribution in [-0.4, -0.2) is 38.8 Å². The van der Waals surface area contributed by atoms with Gasteiger partial charge in [0.05, 0.1) is 24.0 Å². The molecule has 2 aromatic rings. The average Bonchev–Trinajstić information content (AvgIpc) is 2.74. The molecular weight excluding hydrogens is 395 g/mol. The summed E-state index contributed by atoms with van der Waals surface area (Å²) in [6.45, 7) is 2.34. The van der Waals surface area contributed by atoms with E-state index in [4.69, 9.17) is 4.74 Å². The van der Waals surface area contributed by atoms with E-state index in [1.807, 2.05) is 31.2 Å². The van der Waals surface area contributed by atoms with Gasteiger partial charge in [-0.05, 0) is 61.7 Å². The van der Waals surface area contributed by atoms with Crippen LogP contribution < -0.4 is 10.1 Å². The van der Waals surface area contributed by atoms with Crippen LogP contribution in [0.2, 0.25) is 0 Å². The molecule has 0 saturated carbocycles. The Labute approximate surface area is 170 Å². The van der Waals surface area contributed by atoms with E-state index in [-0.39, 0.29) is 23.4 Å². The lowest BCUT2D eigenvalue weighted by atomic mass is 9.98. The van der Waals surface area contributed by atoms with Crippen LogP contribution in [0.3, 0.4) is 0 Å². The summed E-state index contributed by atoms with van der Waals surface area (Å²) in [5.41, 5.74) is 0.936. The first-order chi connectivity index (χ1) is 13.8. The van der Waals surface area contributed by atoms with Crippen LogP contribution in [0.4, 0.5) is 4.39 Å². The number of methoxy groups -OCH3 is 1. The summed E-state index contributed by atoms with van der Waals surface area (Å²) >= 11 is 0. The largest absolute Gasteiger partial charge is 0.497 e. The molecule has 8 heteroatoms. The minimum absolute atomic E-state index is 0.0339. The van der Waals surface area contributed by atoms with Crippen molar-refractivity contribution in [2.75, 3.05) is 20.2 Å². The Hall–Kier alpha value is -2.45. The molecule has 6 nitrogen and oxygen atoms in total. The van der Waals surface area contributed by atoms with Gasteiger partial charge in [0.15, 0.2) is 0 Å². The maximum atomic E-state index is 13.1. The summed E-state index contributed by atoms with van der Waals surface area (Å²) in [4.78, 5) is 12.8. The van der Waals surface area contributed by atoms with Crippen molar-refractivity contribution in [3.05, 3.63) is 59.9 Å². The zero-order valence-electron chi connectivity index (χ0n) is 16.5. The van der Waals surface area contributed by atoms with Gasteiger partial charge in [-0.25, -0.2) is 12.8 Å². The molecule has 2 aromatic carbocycles. The summed E-state index contributed by atoms with van der Waals surface area (Å²) in [5, 5.41) is 2.97. The van der Waals surface area contributed by atoms with Crippen molar-refractivity contribution in [3.8, 4) is 5.75 Å². The topological polar surface area (TPSA) is 75.7 Å². The number of rotatable bonds is 6. The molecule has 0 unspecified atom stereocenters. The number of benzene rings is 2. The molecule has 1 amide bonds. The van der Waals surface area contributed by atoms with Crippen molar-refractivity contribution in [1.82, 2.24) is 9.62 Å². The predicted molar refractivity (Wildman–Crippen MR) is 107 cm³/mol. The zero-order chi connectivity index (χ0) is 21.0. The molecule has 156 valence electrons. The highest BCUT2D eigenvalue weighted by Crippen LogP contribution is 2.25. The number of sulfonamides is 1. The van der Waals surface area contributed by atoms with Crippen molar-refractivity contribution in [1.29, 1.82) is 0 Å². The Morgan fingerprint density at radius 2 is 1.83 bits per heavy atom. The Balaban J connectivity index is 1.66. The van der Waals surface area contributed by atoms with Gasteiger partial charge in [0, 0.05) is 13.1 Å². The van der Waals surface area contributed by atoms with Crippen molar-refractivity contribution in [2.24, 2.45) is 5.92 Å². The third-order valence-electron chi connectivity index (χ3n) is 5.18. The fourth-order valence-electron chi connectivity index (χ4n) is 3.44. The molecule has 1 aliphatic rings. The van der Waals surface area contributed by atoms with Gasteiger partial charge < -0.3 is 10.1 Å². The van der Waals surface area contributed by atoms with E-state index in [2.05, 4.69) is 5.32 Å².